The van der Waals surface area contributed by atoms with Gasteiger partial charge in [-0.1, -0.05) is 6.08 Å². The van der Waals surface area contributed by atoms with E-state index in [1.165, 1.54) is 14.2 Å². The SMILES string of the molecule is COc1ccc(C(=O)NCCC2C=c3c(OC)ccc(OC)c3=NC2=O)c(OC)c1. The minimum atomic E-state index is -0.475. The standard InChI is InChI=1S/C22H24N2O6/c1-27-14-5-6-15(19(12-14)30-4)22(26)23-10-9-13-11-16-17(28-2)7-8-18(29-3)20(16)24-21(13)25/h5-8,11-13H,9-10H2,1-4H3,(H,23,26). The van der Waals surface area contributed by atoms with Gasteiger partial charge in [0.25, 0.3) is 11.8 Å². The Kier molecular flexibility index (Phi) is 6.56. The molecule has 0 aromatic heterocycles. The van der Waals surface area contributed by atoms with E-state index in [1.54, 1.807) is 44.6 Å². The fourth-order valence-corrected chi connectivity index (χ4v) is 3.28. The van der Waals surface area contributed by atoms with Gasteiger partial charge in [0.15, 0.2) is 0 Å². The monoisotopic (exact) mass is 412 g/mol. The van der Waals surface area contributed by atoms with Gasteiger partial charge in [-0.2, -0.15) is 0 Å². The molecule has 1 aliphatic rings. The van der Waals surface area contributed by atoms with E-state index in [4.69, 9.17) is 18.9 Å². The lowest BCUT2D eigenvalue weighted by atomic mass is 9.99. The number of hydrogen-bond donors (Lipinski definition) is 1. The Hall–Kier alpha value is -3.55. The first-order valence-corrected chi connectivity index (χ1v) is 9.38. The molecule has 0 saturated carbocycles. The van der Waals surface area contributed by atoms with Crippen LogP contribution in [-0.4, -0.2) is 46.8 Å². The van der Waals surface area contributed by atoms with Crippen molar-refractivity contribution in [3.63, 3.8) is 0 Å². The van der Waals surface area contributed by atoms with Crippen LogP contribution >= 0.6 is 0 Å². The summed E-state index contributed by atoms with van der Waals surface area (Å²) >= 11 is 0. The molecule has 8 heteroatoms. The number of fused-ring (bicyclic) bond motifs is 1. The summed E-state index contributed by atoms with van der Waals surface area (Å²) in [5.41, 5.74) is 0.388. The maximum Gasteiger partial charge on any atom is 0.255 e. The molecule has 0 radical (unpaired) electrons. The Labute approximate surface area is 174 Å². The van der Waals surface area contributed by atoms with Crippen molar-refractivity contribution < 1.29 is 28.5 Å². The van der Waals surface area contributed by atoms with E-state index in [2.05, 4.69) is 10.3 Å². The topological polar surface area (TPSA) is 95.5 Å². The van der Waals surface area contributed by atoms with E-state index in [0.717, 1.165) is 0 Å². The number of rotatable bonds is 8. The number of benzene rings is 2. The number of ether oxygens (including phenoxy) is 4. The maximum atomic E-state index is 12.5. The molecule has 0 aliphatic carbocycles. The van der Waals surface area contributed by atoms with Crippen molar-refractivity contribution in [3.8, 4) is 23.0 Å². The number of methoxy groups -OCH3 is 4. The smallest absolute Gasteiger partial charge is 0.255 e. The molecule has 1 heterocycles. The zero-order chi connectivity index (χ0) is 21.7. The number of nitrogens with one attached hydrogen (secondary N) is 1. The molecule has 1 unspecified atom stereocenters. The Morgan fingerprint density at radius 1 is 0.967 bits per heavy atom. The Bertz CT molecular complexity index is 1080. The number of carbonyl (C=O) groups is 2. The van der Waals surface area contributed by atoms with Crippen molar-refractivity contribution in [2.45, 2.75) is 6.42 Å². The largest absolute Gasteiger partial charge is 0.497 e. The second-order valence-corrected chi connectivity index (χ2v) is 6.57. The van der Waals surface area contributed by atoms with Crippen LogP contribution in [0.5, 0.6) is 23.0 Å². The summed E-state index contributed by atoms with van der Waals surface area (Å²) in [6.45, 7) is 0.290. The van der Waals surface area contributed by atoms with E-state index in [-0.39, 0.29) is 18.4 Å². The van der Waals surface area contributed by atoms with Crippen LogP contribution in [-0.2, 0) is 4.79 Å². The quantitative estimate of drug-likeness (QED) is 0.698. The van der Waals surface area contributed by atoms with Crippen molar-refractivity contribution in [2.24, 2.45) is 10.9 Å². The van der Waals surface area contributed by atoms with Gasteiger partial charge < -0.3 is 24.3 Å². The number of amides is 2. The molecule has 0 spiro atoms. The fourth-order valence-electron chi connectivity index (χ4n) is 3.28. The van der Waals surface area contributed by atoms with E-state index >= 15 is 0 Å². The summed E-state index contributed by atoms with van der Waals surface area (Å²) in [5, 5.41) is 4.00. The summed E-state index contributed by atoms with van der Waals surface area (Å²) in [4.78, 5) is 29.2. The first-order chi connectivity index (χ1) is 14.5. The Balaban J connectivity index is 1.74. The van der Waals surface area contributed by atoms with Crippen molar-refractivity contribution in [3.05, 3.63) is 46.5 Å². The summed E-state index contributed by atoms with van der Waals surface area (Å²) < 4.78 is 21.1. The van der Waals surface area contributed by atoms with Crippen LogP contribution in [0, 0.1) is 5.92 Å². The lowest BCUT2D eigenvalue weighted by Gasteiger charge is -2.16. The maximum absolute atomic E-state index is 12.5. The van der Waals surface area contributed by atoms with E-state index in [9.17, 15) is 9.59 Å². The van der Waals surface area contributed by atoms with Gasteiger partial charge in [-0.15, -0.1) is 0 Å². The molecule has 1 atom stereocenters. The highest BCUT2D eigenvalue weighted by Gasteiger charge is 2.22. The van der Waals surface area contributed by atoms with E-state index in [1.807, 2.05) is 6.08 Å². The normalized spacial score (nSPS) is 14.7. The molecule has 0 saturated heterocycles. The lowest BCUT2D eigenvalue weighted by molar-refractivity contribution is -0.120. The van der Waals surface area contributed by atoms with Crippen LogP contribution in [0.15, 0.2) is 35.3 Å². The molecule has 2 aromatic carbocycles. The average molecular weight is 412 g/mol. The molecule has 8 nitrogen and oxygen atoms in total. The summed E-state index contributed by atoms with van der Waals surface area (Å²) in [5.74, 6) is 1.06. The zero-order valence-electron chi connectivity index (χ0n) is 17.4. The molecule has 30 heavy (non-hydrogen) atoms. The van der Waals surface area contributed by atoms with Crippen molar-refractivity contribution >= 4 is 17.9 Å². The first kappa shape index (κ1) is 21.2. The number of carbonyl (C=O) groups excluding carboxylic acids is 2. The number of hydrogen-bond acceptors (Lipinski definition) is 6. The predicted molar refractivity (Wildman–Crippen MR) is 110 cm³/mol. The zero-order valence-corrected chi connectivity index (χ0v) is 17.4. The predicted octanol–water partition coefficient (Wildman–Crippen LogP) is 1.10. The number of nitrogens with zero attached hydrogens (tertiary/aromatic N) is 1. The third kappa shape index (κ3) is 4.22. The van der Waals surface area contributed by atoms with Crippen molar-refractivity contribution in [2.75, 3.05) is 35.0 Å². The molecule has 0 bridgehead atoms. The molecule has 2 aromatic rings. The molecule has 158 valence electrons. The molecule has 3 rings (SSSR count). The van der Waals surface area contributed by atoms with Gasteiger partial charge in [-0.3, -0.25) is 9.59 Å². The highest BCUT2D eigenvalue weighted by atomic mass is 16.5. The Morgan fingerprint density at radius 3 is 2.33 bits per heavy atom. The van der Waals surface area contributed by atoms with Gasteiger partial charge in [0, 0.05) is 17.8 Å². The molecular weight excluding hydrogens is 388 g/mol. The van der Waals surface area contributed by atoms with Crippen molar-refractivity contribution in [1.82, 2.24) is 5.32 Å². The minimum absolute atomic E-state index is 0.287. The highest BCUT2D eigenvalue weighted by Crippen LogP contribution is 2.24. The molecule has 1 N–H and O–H groups in total. The third-order valence-electron chi connectivity index (χ3n) is 4.88. The van der Waals surface area contributed by atoms with E-state index < -0.39 is 5.92 Å². The van der Waals surface area contributed by atoms with Crippen molar-refractivity contribution in [1.29, 1.82) is 0 Å². The van der Waals surface area contributed by atoms with Gasteiger partial charge in [0.1, 0.15) is 28.4 Å². The lowest BCUT2D eigenvalue weighted by Crippen LogP contribution is -2.37. The second-order valence-electron chi connectivity index (χ2n) is 6.57. The van der Waals surface area contributed by atoms with Crippen LogP contribution in [0.3, 0.4) is 0 Å². The van der Waals surface area contributed by atoms with Crippen LogP contribution in [0.25, 0.3) is 6.08 Å². The summed E-state index contributed by atoms with van der Waals surface area (Å²) in [7, 11) is 6.11. The minimum Gasteiger partial charge on any atom is -0.497 e. The van der Waals surface area contributed by atoms with Crippen LogP contribution in [0.4, 0.5) is 0 Å². The molecule has 2 amide bonds. The average Bonchev–Trinajstić information content (AvgIpc) is 2.78. The van der Waals surface area contributed by atoms with Crippen LogP contribution < -0.4 is 34.8 Å². The highest BCUT2D eigenvalue weighted by molar-refractivity contribution is 5.97. The molecular formula is C22H24N2O6. The fraction of sp³-hybridized carbons (Fsp3) is 0.318. The van der Waals surface area contributed by atoms with Gasteiger partial charge in [-0.05, 0) is 30.7 Å². The van der Waals surface area contributed by atoms with Gasteiger partial charge in [0.2, 0.25) is 0 Å². The van der Waals surface area contributed by atoms with E-state index in [0.29, 0.717) is 45.6 Å². The van der Waals surface area contributed by atoms with Crippen LogP contribution in [0.2, 0.25) is 0 Å². The van der Waals surface area contributed by atoms with Gasteiger partial charge >= 0.3 is 0 Å². The van der Waals surface area contributed by atoms with Gasteiger partial charge in [0.05, 0.1) is 39.9 Å². The Morgan fingerprint density at radius 2 is 1.67 bits per heavy atom. The first-order valence-electron chi connectivity index (χ1n) is 9.38. The van der Waals surface area contributed by atoms with Crippen LogP contribution in [0.1, 0.15) is 16.8 Å². The third-order valence-corrected chi connectivity index (χ3v) is 4.88. The molecule has 0 fully saturated rings. The second kappa shape index (κ2) is 9.30. The molecule has 1 aliphatic heterocycles. The van der Waals surface area contributed by atoms with Gasteiger partial charge in [-0.25, -0.2) is 4.99 Å². The summed E-state index contributed by atoms with van der Waals surface area (Å²) in [6.07, 6.45) is 2.21. The summed E-state index contributed by atoms with van der Waals surface area (Å²) in [6, 6.07) is 8.45.